The van der Waals surface area contributed by atoms with Gasteiger partial charge in [-0.15, -0.1) is 0 Å². The summed E-state index contributed by atoms with van der Waals surface area (Å²) in [7, 11) is 0. The largest absolute Gasteiger partial charge is 0.299 e. The van der Waals surface area contributed by atoms with Crippen LogP contribution < -0.4 is 5.43 Å². The molecule has 0 aromatic heterocycles. The average molecular weight is 265 g/mol. The fourth-order valence-electron chi connectivity index (χ4n) is 1.82. The van der Waals surface area contributed by atoms with Gasteiger partial charge < -0.3 is 0 Å². The minimum atomic E-state index is -0.355. The molecule has 0 atom stereocenters. The van der Waals surface area contributed by atoms with Crippen molar-refractivity contribution >= 4 is 29.0 Å². The van der Waals surface area contributed by atoms with Gasteiger partial charge in [0.1, 0.15) is 5.78 Å². The molecule has 1 N–H and O–H groups in total. The molecular weight excluding hydrogens is 252 g/mol. The summed E-state index contributed by atoms with van der Waals surface area (Å²) in [5.74, 6) is -0.182. The predicted octanol–water partition coefficient (Wildman–Crippen LogP) is 2.57. The molecule has 0 unspecified atom stereocenters. The molecule has 0 bridgehead atoms. The van der Waals surface area contributed by atoms with Crippen molar-refractivity contribution in [2.75, 3.05) is 0 Å². The van der Waals surface area contributed by atoms with Gasteiger partial charge in [-0.25, -0.2) is 5.43 Å². The molecular formula is C13H13ClN2O2. The summed E-state index contributed by atoms with van der Waals surface area (Å²) < 4.78 is 0. The second-order valence-corrected chi connectivity index (χ2v) is 4.58. The summed E-state index contributed by atoms with van der Waals surface area (Å²) >= 11 is 5.90. The Morgan fingerprint density at radius 3 is 2.78 bits per heavy atom. The van der Waals surface area contributed by atoms with Crippen LogP contribution in [-0.4, -0.2) is 17.4 Å². The van der Waals surface area contributed by atoms with E-state index >= 15 is 0 Å². The van der Waals surface area contributed by atoms with E-state index in [-0.39, 0.29) is 11.7 Å². The molecule has 18 heavy (non-hydrogen) atoms. The van der Waals surface area contributed by atoms with E-state index in [1.165, 1.54) is 0 Å². The maximum Gasteiger partial charge on any atom is 0.272 e. The maximum absolute atomic E-state index is 11.8. The van der Waals surface area contributed by atoms with Crippen molar-refractivity contribution < 1.29 is 9.59 Å². The summed E-state index contributed by atoms with van der Waals surface area (Å²) in [5.41, 5.74) is 3.55. The standard InChI is InChI=1S/C13H13ClN2O2/c14-12-7-2-1-6-11(12)13(18)16-15-9-4-3-5-10(17)8-9/h1-2,6-7H,3-5,8H2,(H,16,18)/b15-9-. The lowest BCUT2D eigenvalue weighted by Gasteiger charge is -2.11. The SMILES string of the molecule is O=C1CCC/C(=N/NC(=O)c2ccccc2Cl)C1. The molecule has 0 aliphatic heterocycles. The fraction of sp³-hybridized carbons (Fsp3) is 0.308. The van der Waals surface area contributed by atoms with Crippen LogP contribution in [0.25, 0.3) is 0 Å². The highest BCUT2D eigenvalue weighted by Crippen LogP contribution is 2.15. The number of carbonyl (C=O) groups is 2. The molecule has 1 aromatic carbocycles. The fourth-order valence-corrected chi connectivity index (χ4v) is 2.05. The molecule has 1 amide bonds. The maximum atomic E-state index is 11.8. The van der Waals surface area contributed by atoms with Crippen molar-refractivity contribution in [2.24, 2.45) is 5.10 Å². The highest BCUT2D eigenvalue weighted by atomic mass is 35.5. The van der Waals surface area contributed by atoms with Gasteiger partial charge in [0.25, 0.3) is 5.91 Å². The lowest BCUT2D eigenvalue weighted by atomic mass is 9.97. The predicted molar refractivity (Wildman–Crippen MR) is 69.8 cm³/mol. The number of ketones is 1. The van der Waals surface area contributed by atoms with Crippen LogP contribution in [0.15, 0.2) is 29.4 Å². The second kappa shape index (κ2) is 5.78. The van der Waals surface area contributed by atoms with Crippen molar-refractivity contribution in [1.29, 1.82) is 0 Å². The van der Waals surface area contributed by atoms with Gasteiger partial charge in [0.05, 0.1) is 10.6 Å². The Morgan fingerprint density at radius 1 is 1.28 bits per heavy atom. The topological polar surface area (TPSA) is 58.5 Å². The monoisotopic (exact) mass is 264 g/mol. The highest BCUT2D eigenvalue weighted by Gasteiger charge is 2.15. The molecule has 94 valence electrons. The number of hydrogen-bond donors (Lipinski definition) is 1. The van der Waals surface area contributed by atoms with Crippen molar-refractivity contribution in [3.8, 4) is 0 Å². The van der Waals surface area contributed by atoms with Crippen LogP contribution in [0.3, 0.4) is 0 Å². The van der Waals surface area contributed by atoms with Crippen LogP contribution in [0, 0.1) is 0 Å². The van der Waals surface area contributed by atoms with Crippen molar-refractivity contribution in [3.05, 3.63) is 34.9 Å². The first-order valence-corrected chi connectivity index (χ1v) is 6.16. The number of benzene rings is 1. The Morgan fingerprint density at radius 2 is 2.06 bits per heavy atom. The number of hydrazone groups is 1. The lowest BCUT2D eigenvalue weighted by Crippen LogP contribution is -2.23. The Balaban J connectivity index is 2.02. The zero-order chi connectivity index (χ0) is 13.0. The van der Waals surface area contributed by atoms with Gasteiger partial charge in [0.2, 0.25) is 0 Å². The van der Waals surface area contributed by atoms with E-state index in [2.05, 4.69) is 10.5 Å². The van der Waals surface area contributed by atoms with Crippen LogP contribution in [0.1, 0.15) is 36.0 Å². The summed E-state index contributed by atoms with van der Waals surface area (Å²) in [6.07, 6.45) is 2.51. The van der Waals surface area contributed by atoms with Gasteiger partial charge in [0.15, 0.2) is 0 Å². The molecule has 0 radical (unpaired) electrons. The van der Waals surface area contributed by atoms with Crippen molar-refractivity contribution in [1.82, 2.24) is 5.43 Å². The number of nitrogens with zero attached hydrogens (tertiary/aromatic N) is 1. The van der Waals surface area contributed by atoms with E-state index in [0.29, 0.717) is 23.4 Å². The van der Waals surface area contributed by atoms with Crippen LogP contribution >= 0.6 is 11.6 Å². The Kier molecular flexibility index (Phi) is 4.10. The minimum absolute atomic E-state index is 0.173. The summed E-state index contributed by atoms with van der Waals surface area (Å²) in [5, 5.41) is 4.37. The molecule has 0 saturated heterocycles. The van der Waals surface area contributed by atoms with E-state index in [4.69, 9.17) is 11.6 Å². The minimum Gasteiger partial charge on any atom is -0.299 e. The molecule has 5 heteroatoms. The molecule has 1 aliphatic carbocycles. The van der Waals surface area contributed by atoms with Gasteiger partial charge in [-0.05, 0) is 25.0 Å². The second-order valence-electron chi connectivity index (χ2n) is 4.17. The third-order valence-electron chi connectivity index (χ3n) is 2.76. The van der Waals surface area contributed by atoms with Crippen molar-refractivity contribution in [3.63, 3.8) is 0 Å². The highest BCUT2D eigenvalue weighted by molar-refractivity contribution is 6.33. The Hall–Kier alpha value is -1.68. The third-order valence-corrected chi connectivity index (χ3v) is 3.09. The number of hydrogen-bond acceptors (Lipinski definition) is 3. The molecule has 2 rings (SSSR count). The van der Waals surface area contributed by atoms with Gasteiger partial charge in [0, 0.05) is 18.6 Å². The quantitative estimate of drug-likeness (QED) is 0.835. The van der Waals surface area contributed by atoms with Gasteiger partial charge >= 0.3 is 0 Å². The number of carbonyl (C=O) groups excluding carboxylic acids is 2. The number of rotatable bonds is 2. The van der Waals surface area contributed by atoms with Gasteiger partial charge in [-0.2, -0.15) is 5.10 Å². The number of Topliss-reactive ketones (excluding diaryl/α,β-unsaturated/α-hetero) is 1. The average Bonchev–Trinajstić information content (AvgIpc) is 2.37. The first-order valence-electron chi connectivity index (χ1n) is 5.79. The van der Waals surface area contributed by atoms with E-state index in [1.54, 1.807) is 24.3 Å². The number of nitrogens with one attached hydrogen (secondary N) is 1. The Labute approximate surface area is 110 Å². The van der Waals surface area contributed by atoms with Gasteiger partial charge in [-0.3, -0.25) is 9.59 Å². The zero-order valence-electron chi connectivity index (χ0n) is 9.78. The zero-order valence-corrected chi connectivity index (χ0v) is 10.5. The van der Waals surface area contributed by atoms with Gasteiger partial charge in [-0.1, -0.05) is 23.7 Å². The Bertz CT molecular complexity index is 511. The van der Waals surface area contributed by atoms with Crippen LogP contribution in [-0.2, 0) is 4.79 Å². The van der Waals surface area contributed by atoms with Crippen molar-refractivity contribution in [2.45, 2.75) is 25.7 Å². The molecule has 4 nitrogen and oxygen atoms in total. The number of amides is 1. The third kappa shape index (κ3) is 3.17. The van der Waals surface area contributed by atoms with Crippen LogP contribution in [0.2, 0.25) is 5.02 Å². The van der Waals surface area contributed by atoms with E-state index < -0.39 is 0 Å². The first kappa shape index (κ1) is 12.8. The van der Waals surface area contributed by atoms with Crippen LogP contribution in [0.4, 0.5) is 0 Å². The molecule has 0 spiro atoms. The number of halogens is 1. The molecule has 1 aliphatic rings. The van der Waals surface area contributed by atoms with E-state index in [1.807, 2.05) is 0 Å². The smallest absolute Gasteiger partial charge is 0.272 e. The van der Waals surface area contributed by atoms with Crippen LogP contribution in [0.5, 0.6) is 0 Å². The molecule has 1 aromatic rings. The molecule has 1 fully saturated rings. The van der Waals surface area contributed by atoms with E-state index in [0.717, 1.165) is 18.6 Å². The summed E-state index contributed by atoms with van der Waals surface area (Å²) in [6.45, 7) is 0. The lowest BCUT2D eigenvalue weighted by molar-refractivity contribution is -0.118. The normalized spacial score (nSPS) is 17.8. The van der Waals surface area contributed by atoms with E-state index in [9.17, 15) is 9.59 Å². The summed E-state index contributed by atoms with van der Waals surface area (Å²) in [4.78, 5) is 23.0. The first-order chi connectivity index (χ1) is 8.66. The summed E-state index contributed by atoms with van der Waals surface area (Å²) in [6, 6.07) is 6.76. The molecule has 0 heterocycles. The molecule has 1 saturated carbocycles.